The van der Waals surface area contributed by atoms with Crippen LogP contribution in [0.1, 0.15) is 25.3 Å². The largest absolute Gasteiger partial charge is 0.496 e. The molecule has 4 nitrogen and oxygen atoms in total. The van der Waals surface area contributed by atoms with Crippen LogP contribution in [0.2, 0.25) is 0 Å². The van der Waals surface area contributed by atoms with Gasteiger partial charge in [0, 0.05) is 25.7 Å². The Morgan fingerprint density at radius 2 is 2.11 bits per heavy atom. The van der Waals surface area contributed by atoms with Gasteiger partial charge in [0.05, 0.1) is 7.11 Å². The number of methoxy groups -OCH3 is 1. The molecule has 0 saturated heterocycles. The van der Waals surface area contributed by atoms with E-state index in [0.717, 1.165) is 30.7 Å². The number of carbonyl (C=O) groups excluding carboxylic acids is 1. The topological polar surface area (TPSA) is 41.6 Å². The van der Waals surface area contributed by atoms with Gasteiger partial charge in [0.15, 0.2) is 0 Å². The number of carbonyl (C=O) groups is 1. The lowest BCUT2D eigenvalue weighted by atomic mass is 10.2. The molecule has 1 rings (SSSR count). The Bertz CT molecular complexity index is 380. The van der Waals surface area contributed by atoms with Gasteiger partial charge in [-0.1, -0.05) is 31.5 Å². The van der Waals surface area contributed by atoms with E-state index in [1.807, 2.05) is 31.3 Å². The molecular formula is C14H22N2O2. The Kier molecular flexibility index (Phi) is 6.05. The summed E-state index contributed by atoms with van der Waals surface area (Å²) in [7, 11) is 3.45. The molecule has 0 unspecified atom stereocenters. The molecule has 0 aliphatic heterocycles. The summed E-state index contributed by atoms with van der Waals surface area (Å²) in [4.78, 5) is 13.5. The molecule has 1 aromatic carbocycles. The standard InChI is InChI=1S/C14H22N2O2/c1-4-5-10-16(2)14(17)15-11-12-8-6-7-9-13(12)18-3/h6-9H,4-5,10-11H2,1-3H3,(H,15,17). The maximum absolute atomic E-state index is 11.8. The first-order chi connectivity index (χ1) is 8.69. The van der Waals surface area contributed by atoms with Crippen LogP contribution in [0.25, 0.3) is 0 Å². The molecule has 0 aliphatic carbocycles. The number of urea groups is 1. The van der Waals surface area contributed by atoms with Gasteiger partial charge in [-0.15, -0.1) is 0 Å². The van der Waals surface area contributed by atoms with Crippen LogP contribution in [0.4, 0.5) is 4.79 Å². The van der Waals surface area contributed by atoms with Crippen molar-refractivity contribution in [3.63, 3.8) is 0 Å². The number of nitrogens with zero attached hydrogens (tertiary/aromatic N) is 1. The summed E-state index contributed by atoms with van der Waals surface area (Å²) < 4.78 is 5.24. The minimum atomic E-state index is -0.0469. The lowest BCUT2D eigenvalue weighted by molar-refractivity contribution is 0.207. The zero-order valence-electron chi connectivity index (χ0n) is 11.4. The normalized spacial score (nSPS) is 9.94. The Balaban J connectivity index is 2.46. The monoisotopic (exact) mass is 250 g/mol. The van der Waals surface area contributed by atoms with E-state index in [4.69, 9.17) is 4.74 Å². The molecule has 18 heavy (non-hydrogen) atoms. The third-order valence-electron chi connectivity index (χ3n) is 2.82. The molecular weight excluding hydrogens is 228 g/mol. The Labute approximate surface area is 109 Å². The highest BCUT2D eigenvalue weighted by atomic mass is 16.5. The van der Waals surface area contributed by atoms with E-state index in [9.17, 15) is 4.79 Å². The average Bonchev–Trinajstić information content (AvgIpc) is 2.42. The Morgan fingerprint density at radius 1 is 1.39 bits per heavy atom. The number of ether oxygens (including phenoxy) is 1. The minimum Gasteiger partial charge on any atom is -0.496 e. The second-order valence-corrected chi connectivity index (χ2v) is 4.25. The van der Waals surface area contributed by atoms with Crippen LogP contribution >= 0.6 is 0 Å². The van der Waals surface area contributed by atoms with Crippen LogP contribution in [0.5, 0.6) is 5.75 Å². The second kappa shape index (κ2) is 7.58. The summed E-state index contributed by atoms with van der Waals surface area (Å²) in [5.74, 6) is 0.800. The second-order valence-electron chi connectivity index (χ2n) is 4.25. The van der Waals surface area contributed by atoms with Crippen molar-refractivity contribution >= 4 is 6.03 Å². The molecule has 0 bridgehead atoms. The van der Waals surface area contributed by atoms with Crippen molar-refractivity contribution in [1.29, 1.82) is 0 Å². The fourth-order valence-corrected chi connectivity index (χ4v) is 1.65. The van der Waals surface area contributed by atoms with Crippen molar-refractivity contribution in [2.24, 2.45) is 0 Å². The fraction of sp³-hybridized carbons (Fsp3) is 0.500. The van der Waals surface area contributed by atoms with E-state index in [2.05, 4.69) is 12.2 Å². The molecule has 0 heterocycles. The average molecular weight is 250 g/mol. The number of nitrogens with one attached hydrogen (secondary N) is 1. The number of hydrogen-bond acceptors (Lipinski definition) is 2. The number of rotatable bonds is 6. The molecule has 0 aliphatic rings. The predicted molar refractivity (Wildman–Crippen MR) is 72.8 cm³/mol. The highest BCUT2D eigenvalue weighted by molar-refractivity contribution is 5.73. The van der Waals surface area contributed by atoms with Crippen LogP contribution < -0.4 is 10.1 Å². The van der Waals surface area contributed by atoms with E-state index in [1.165, 1.54) is 0 Å². The summed E-state index contributed by atoms with van der Waals surface area (Å²) in [6, 6.07) is 7.64. The van der Waals surface area contributed by atoms with Crippen molar-refractivity contribution < 1.29 is 9.53 Å². The van der Waals surface area contributed by atoms with Crippen LogP contribution in [0.15, 0.2) is 24.3 Å². The first-order valence-corrected chi connectivity index (χ1v) is 6.30. The fourth-order valence-electron chi connectivity index (χ4n) is 1.65. The number of para-hydroxylation sites is 1. The molecule has 0 aromatic heterocycles. The van der Waals surface area contributed by atoms with Gasteiger partial charge in [0.25, 0.3) is 0 Å². The zero-order chi connectivity index (χ0) is 13.4. The third kappa shape index (κ3) is 4.28. The molecule has 0 fully saturated rings. The highest BCUT2D eigenvalue weighted by Crippen LogP contribution is 2.16. The van der Waals surface area contributed by atoms with Gasteiger partial charge in [-0.25, -0.2) is 4.79 Å². The Hall–Kier alpha value is -1.71. The maximum atomic E-state index is 11.8. The quantitative estimate of drug-likeness (QED) is 0.843. The summed E-state index contributed by atoms with van der Waals surface area (Å²) >= 11 is 0. The molecule has 100 valence electrons. The van der Waals surface area contributed by atoms with Crippen molar-refractivity contribution in [2.45, 2.75) is 26.3 Å². The number of amides is 2. The number of hydrogen-bond donors (Lipinski definition) is 1. The molecule has 0 spiro atoms. The maximum Gasteiger partial charge on any atom is 0.317 e. The predicted octanol–water partition coefficient (Wildman–Crippen LogP) is 2.64. The van der Waals surface area contributed by atoms with Crippen LogP contribution in [-0.4, -0.2) is 31.6 Å². The SMILES string of the molecule is CCCCN(C)C(=O)NCc1ccccc1OC. The molecule has 0 atom stereocenters. The van der Waals surface area contributed by atoms with Gasteiger partial charge >= 0.3 is 6.03 Å². The highest BCUT2D eigenvalue weighted by Gasteiger charge is 2.08. The summed E-state index contributed by atoms with van der Waals surface area (Å²) in [6.07, 6.45) is 2.11. The van der Waals surface area contributed by atoms with Gasteiger partial charge in [0.2, 0.25) is 0 Å². The van der Waals surface area contributed by atoms with Crippen LogP contribution in [0, 0.1) is 0 Å². The van der Waals surface area contributed by atoms with Crippen molar-refractivity contribution in [3.05, 3.63) is 29.8 Å². The van der Waals surface area contributed by atoms with Gasteiger partial charge in [-0.05, 0) is 12.5 Å². The van der Waals surface area contributed by atoms with Crippen LogP contribution in [0.3, 0.4) is 0 Å². The summed E-state index contributed by atoms with van der Waals surface area (Å²) in [5, 5.41) is 2.89. The first-order valence-electron chi connectivity index (χ1n) is 6.30. The minimum absolute atomic E-state index is 0.0469. The summed E-state index contributed by atoms with van der Waals surface area (Å²) in [5.41, 5.74) is 0.984. The van der Waals surface area contributed by atoms with Crippen molar-refractivity contribution in [2.75, 3.05) is 20.7 Å². The lowest BCUT2D eigenvalue weighted by Crippen LogP contribution is -2.37. The summed E-state index contributed by atoms with van der Waals surface area (Å²) in [6.45, 7) is 3.38. The van der Waals surface area contributed by atoms with E-state index >= 15 is 0 Å². The third-order valence-corrected chi connectivity index (χ3v) is 2.82. The molecule has 1 aromatic rings. The number of unbranched alkanes of at least 4 members (excludes halogenated alkanes) is 1. The van der Waals surface area contributed by atoms with E-state index < -0.39 is 0 Å². The Morgan fingerprint density at radius 3 is 2.78 bits per heavy atom. The first kappa shape index (κ1) is 14.4. The molecule has 2 amide bonds. The van der Waals surface area contributed by atoms with E-state index in [-0.39, 0.29) is 6.03 Å². The molecule has 4 heteroatoms. The van der Waals surface area contributed by atoms with Crippen molar-refractivity contribution in [1.82, 2.24) is 10.2 Å². The van der Waals surface area contributed by atoms with Gasteiger partial charge in [0.1, 0.15) is 5.75 Å². The van der Waals surface area contributed by atoms with E-state index in [0.29, 0.717) is 6.54 Å². The lowest BCUT2D eigenvalue weighted by Gasteiger charge is -2.18. The van der Waals surface area contributed by atoms with Crippen molar-refractivity contribution in [3.8, 4) is 5.75 Å². The molecule has 0 radical (unpaired) electrons. The van der Waals surface area contributed by atoms with Gasteiger partial charge in [-0.3, -0.25) is 0 Å². The zero-order valence-corrected chi connectivity index (χ0v) is 11.4. The van der Waals surface area contributed by atoms with Gasteiger partial charge in [-0.2, -0.15) is 0 Å². The van der Waals surface area contributed by atoms with Gasteiger partial charge < -0.3 is 15.0 Å². The smallest absolute Gasteiger partial charge is 0.317 e. The van der Waals surface area contributed by atoms with Crippen LogP contribution in [-0.2, 0) is 6.54 Å². The van der Waals surface area contributed by atoms with E-state index in [1.54, 1.807) is 12.0 Å². The molecule has 1 N–H and O–H groups in total. The number of benzene rings is 1. The molecule has 0 saturated carbocycles.